The van der Waals surface area contributed by atoms with Gasteiger partial charge in [-0.2, -0.15) is 4.98 Å². The Balaban J connectivity index is 1.30. The monoisotopic (exact) mass is 449 g/mol. The molecule has 0 bridgehead atoms. The van der Waals surface area contributed by atoms with E-state index < -0.39 is 0 Å². The highest BCUT2D eigenvalue weighted by Gasteiger charge is 2.30. The van der Waals surface area contributed by atoms with Crippen molar-refractivity contribution in [2.24, 2.45) is 11.8 Å². The molecule has 1 saturated carbocycles. The van der Waals surface area contributed by atoms with E-state index in [1.54, 1.807) is 18.2 Å². The van der Waals surface area contributed by atoms with Gasteiger partial charge in [0.1, 0.15) is 5.82 Å². The van der Waals surface area contributed by atoms with Gasteiger partial charge in [0.05, 0.1) is 0 Å². The molecule has 33 heavy (non-hydrogen) atoms. The van der Waals surface area contributed by atoms with E-state index in [0.29, 0.717) is 29.7 Å². The summed E-state index contributed by atoms with van der Waals surface area (Å²) in [5.41, 5.74) is 2.66. The number of ketones is 1. The van der Waals surface area contributed by atoms with Crippen molar-refractivity contribution in [2.45, 2.75) is 51.5 Å². The summed E-state index contributed by atoms with van der Waals surface area (Å²) in [4.78, 5) is 19.2. The second-order valence-corrected chi connectivity index (χ2v) is 9.49. The second kappa shape index (κ2) is 10.4. The number of rotatable bonds is 8. The zero-order valence-electron chi connectivity index (χ0n) is 19.6. The molecular weight excluding hydrogens is 417 g/mol. The normalized spacial score (nSPS) is 19.5. The van der Waals surface area contributed by atoms with E-state index in [2.05, 4.69) is 29.1 Å². The molecule has 2 aromatic carbocycles. The largest absolute Gasteiger partial charge is 0.339 e. The molecule has 0 saturated heterocycles. The molecule has 1 aromatic heterocycles. The lowest BCUT2D eigenvalue weighted by atomic mass is 9.75. The first kappa shape index (κ1) is 23.3. The molecule has 0 aliphatic heterocycles. The lowest BCUT2D eigenvalue weighted by Crippen LogP contribution is -2.30. The van der Waals surface area contributed by atoms with Gasteiger partial charge in [-0.25, -0.2) is 4.39 Å². The molecule has 5 nitrogen and oxygen atoms in total. The summed E-state index contributed by atoms with van der Waals surface area (Å²) in [6.45, 7) is 1.95. The first-order valence-corrected chi connectivity index (χ1v) is 11.8. The number of nitrogens with zero attached hydrogens (tertiary/aromatic N) is 3. The first-order valence-electron chi connectivity index (χ1n) is 11.8. The zero-order chi connectivity index (χ0) is 23.4. The summed E-state index contributed by atoms with van der Waals surface area (Å²) in [5.74, 6) is 1.39. The number of halogens is 1. The average Bonchev–Trinajstić information content (AvgIpc) is 3.27. The highest BCUT2D eigenvalue weighted by atomic mass is 19.1. The van der Waals surface area contributed by atoms with Crippen LogP contribution in [0.5, 0.6) is 0 Å². The Bertz CT molecular complexity index is 1090. The molecule has 4 rings (SSSR count). The van der Waals surface area contributed by atoms with Crippen LogP contribution in [0.25, 0.3) is 0 Å². The van der Waals surface area contributed by atoms with E-state index in [-0.39, 0.29) is 23.5 Å². The summed E-state index contributed by atoms with van der Waals surface area (Å²) < 4.78 is 19.2. The molecule has 1 heterocycles. The number of carbonyl (C=O) groups is 1. The number of aromatic nitrogens is 2. The van der Waals surface area contributed by atoms with Gasteiger partial charge in [0, 0.05) is 18.0 Å². The van der Waals surface area contributed by atoms with Gasteiger partial charge in [0.15, 0.2) is 0 Å². The number of hydrogen-bond donors (Lipinski definition) is 0. The minimum Gasteiger partial charge on any atom is -0.339 e. The zero-order valence-corrected chi connectivity index (χ0v) is 19.6. The van der Waals surface area contributed by atoms with Gasteiger partial charge in [-0.3, -0.25) is 4.79 Å². The number of hydrogen-bond acceptors (Lipinski definition) is 5. The van der Waals surface area contributed by atoms with E-state index in [1.807, 2.05) is 31.2 Å². The molecular formula is C27H32FN3O2. The molecule has 1 fully saturated rings. The van der Waals surface area contributed by atoms with Crippen LogP contribution in [0.2, 0.25) is 0 Å². The molecule has 174 valence electrons. The van der Waals surface area contributed by atoms with Gasteiger partial charge in [0.2, 0.25) is 17.5 Å². The van der Waals surface area contributed by atoms with E-state index in [9.17, 15) is 9.18 Å². The Morgan fingerprint density at radius 1 is 1.12 bits per heavy atom. The third kappa shape index (κ3) is 5.74. The van der Waals surface area contributed by atoms with Gasteiger partial charge < -0.3 is 9.42 Å². The van der Waals surface area contributed by atoms with Crippen LogP contribution in [-0.4, -0.2) is 34.9 Å². The molecule has 1 unspecified atom stereocenters. The molecule has 0 N–H and O–H groups in total. The van der Waals surface area contributed by atoms with Crippen molar-refractivity contribution < 1.29 is 13.7 Å². The van der Waals surface area contributed by atoms with Crippen LogP contribution < -0.4 is 0 Å². The fourth-order valence-electron chi connectivity index (χ4n) is 5.17. The minimum absolute atomic E-state index is 0.128. The fourth-order valence-corrected chi connectivity index (χ4v) is 5.17. The molecule has 3 aromatic rings. The Hall–Kier alpha value is -2.86. The Morgan fingerprint density at radius 3 is 2.58 bits per heavy atom. The predicted molar refractivity (Wildman–Crippen MR) is 126 cm³/mol. The summed E-state index contributed by atoms with van der Waals surface area (Å²) in [5, 5.41) is 3.91. The molecule has 6 heteroatoms. The third-order valence-corrected chi connectivity index (χ3v) is 6.80. The van der Waals surface area contributed by atoms with Crippen molar-refractivity contribution in [3.05, 3.63) is 82.8 Å². The van der Waals surface area contributed by atoms with Crippen LogP contribution in [0.1, 0.15) is 71.3 Å². The highest BCUT2D eigenvalue weighted by molar-refractivity contribution is 6.06. The van der Waals surface area contributed by atoms with Crippen LogP contribution in [0.15, 0.2) is 53.1 Å². The van der Waals surface area contributed by atoms with Crippen LogP contribution in [0.3, 0.4) is 0 Å². The Kier molecular flexibility index (Phi) is 7.33. The molecule has 0 spiro atoms. The van der Waals surface area contributed by atoms with E-state index in [4.69, 9.17) is 4.52 Å². The summed E-state index contributed by atoms with van der Waals surface area (Å²) in [6.07, 6.45) is 6.15. The quantitative estimate of drug-likeness (QED) is 0.407. The molecule has 1 atom stereocenters. The number of carbonyl (C=O) groups excluding carboxylic acids is 1. The standard InChI is InChI=1S/C27H32FN3O2/c1-18-6-4-8-22(16-18)26(32)27-29-24(33-30-27)15-12-19-10-13-20(14-11-19)25(31(2)3)21-7-5-9-23(28)17-21/h4-9,16-17,19-20,25H,10-15H2,1-3H3. The maximum atomic E-state index is 13.8. The van der Waals surface area contributed by atoms with Gasteiger partial charge in [-0.05, 0) is 75.9 Å². The summed E-state index contributed by atoms with van der Waals surface area (Å²) in [7, 11) is 4.15. The van der Waals surface area contributed by atoms with E-state index >= 15 is 0 Å². The van der Waals surface area contributed by atoms with Crippen molar-refractivity contribution in [1.82, 2.24) is 15.0 Å². The number of benzene rings is 2. The average molecular weight is 450 g/mol. The van der Waals surface area contributed by atoms with Crippen LogP contribution >= 0.6 is 0 Å². The van der Waals surface area contributed by atoms with Crippen molar-refractivity contribution in [3.63, 3.8) is 0 Å². The molecule has 0 amide bonds. The fraction of sp³-hybridized carbons (Fsp3) is 0.444. The Labute approximate surface area is 195 Å². The SMILES string of the molecule is Cc1cccc(C(=O)c2noc(CCC3CCC(C(c4cccc(F)c4)N(C)C)CC3)n2)c1. The predicted octanol–water partition coefficient (Wildman–Crippen LogP) is 5.79. The maximum Gasteiger partial charge on any atom is 0.243 e. The highest BCUT2D eigenvalue weighted by Crippen LogP contribution is 2.40. The van der Waals surface area contributed by atoms with Gasteiger partial charge in [-0.1, -0.05) is 53.9 Å². The second-order valence-electron chi connectivity index (χ2n) is 9.49. The third-order valence-electron chi connectivity index (χ3n) is 6.80. The van der Waals surface area contributed by atoms with E-state index in [0.717, 1.165) is 43.2 Å². The lowest BCUT2D eigenvalue weighted by molar-refractivity contribution is 0.102. The lowest BCUT2D eigenvalue weighted by Gasteiger charge is -2.37. The van der Waals surface area contributed by atoms with Gasteiger partial charge >= 0.3 is 0 Å². The van der Waals surface area contributed by atoms with Gasteiger partial charge in [-0.15, -0.1) is 0 Å². The van der Waals surface area contributed by atoms with Crippen LogP contribution in [-0.2, 0) is 6.42 Å². The smallest absolute Gasteiger partial charge is 0.243 e. The van der Waals surface area contributed by atoms with E-state index in [1.165, 1.54) is 6.07 Å². The minimum atomic E-state index is -0.207. The van der Waals surface area contributed by atoms with Gasteiger partial charge in [0.25, 0.3) is 0 Å². The number of aryl methyl sites for hydroxylation is 2. The first-order chi connectivity index (χ1) is 15.9. The summed E-state index contributed by atoms with van der Waals surface area (Å²) in [6, 6.07) is 14.7. The maximum absolute atomic E-state index is 13.8. The van der Waals surface area contributed by atoms with Crippen molar-refractivity contribution in [3.8, 4) is 0 Å². The van der Waals surface area contributed by atoms with Crippen molar-refractivity contribution in [2.75, 3.05) is 14.1 Å². The van der Waals surface area contributed by atoms with Crippen molar-refractivity contribution in [1.29, 1.82) is 0 Å². The van der Waals surface area contributed by atoms with Crippen LogP contribution in [0, 0.1) is 24.6 Å². The van der Waals surface area contributed by atoms with Crippen molar-refractivity contribution >= 4 is 5.78 Å². The molecule has 0 radical (unpaired) electrons. The van der Waals surface area contributed by atoms with Crippen LogP contribution in [0.4, 0.5) is 4.39 Å². The topological polar surface area (TPSA) is 59.2 Å². The summed E-state index contributed by atoms with van der Waals surface area (Å²) >= 11 is 0. The Morgan fingerprint density at radius 2 is 1.88 bits per heavy atom. The molecule has 1 aliphatic rings. The molecule has 1 aliphatic carbocycles.